The molecule has 0 atom stereocenters. The monoisotopic (exact) mass is 455 g/mol. The molecule has 3 aromatic heterocycles. The zero-order valence-electron chi connectivity index (χ0n) is 19.5. The van der Waals surface area contributed by atoms with E-state index in [1.54, 1.807) is 4.68 Å². The molecule has 0 unspecified atom stereocenters. The van der Waals surface area contributed by atoms with Gasteiger partial charge < -0.3 is 15.7 Å². The first kappa shape index (κ1) is 22.6. The average molecular weight is 456 g/mol. The molecule has 1 aliphatic carbocycles. The van der Waals surface area contributed by atoms with E-state index in [0.717, 1.165) is 34.3 Å². The molecule has 0 aliphatic heterocycles. The van der Waals surface area contributed by atoms with Gasteiger partial charge in [-0.1, -0.05) is 13.8 Å². The van der Waals surface area contributed by atoms with E-state index in [9.17, 15) is 19.5 Å². The van der Waals surface area contributed by atoms with Crippen LogP contribution in [-0.2, 0) is 20.1 Å². The second-order valence-electron chi connectivity index (χ2n) is 9.01. The molecule has 11 heteroatoms. The van der Waals surface area contributed by atoms with Gasteiger partial charge in [0.25, 0.3) is 17.4 Å². The van der Waals surface area contributed by atoms with E-state index in [1.165, 1.54) is 10.8 Å². The summed E-state index contributed by atoms with van der Waals surface area (Å²) < 4.78 is 4.18. The van der Waals surface area contributed by atoms with E-state index in [4.69, 9.17) is 0 Å². The number of fused-ring (bicyclic) bond motifs is 1. The molecule has 0 spiro atoms. The van der Waals surface area contributed by atoms with Crippen LogP contribution in [0, 0.1) is 19.8 Å². The largest absolute Gasteiger partial charge is 0.494 e. The van der Waals surface area contributed by atoms with Gasteiger partial charge in [-0.3, -0.25) is 23.6 Å². The number of rotatable bonds is 7. The molecule has 3 aromatic rings. The second kappa shape index (κ2) is 8.38. The van der Waals surface area contributed by atoms with Gasteiger partial charge in [0.2, 0.25) is 5.88 Å². The van der Waals surface area contributed by atoms with Gasteiger partial charge in [-0.2, -0.15) is 14.7 Å². The molecule has 3 N–H and O–H groups in total. The fourth-order valence-electron chi connectivity index (χ4n) is 3.91. The molecule has 176 valence electrons. The highest BCUT2D eigenvalue weighted by atomic mass is 16.3. The number of carbonyl (C=O) groups excluding carboxylic acids is 2. The molecular weight excluding hydrogens is 426 g/mol. The Hall–Kier alpha value is -3.63. The first-order valence-electron chi connectivity index (χ1n) is 11.0. The van der Waals surface area contributed by atoms with Crippen molar-refractivity contribution in [3.63, 3.8) is 0 Å². The normalized spacial score (nSPS) is 13.6. The number of nitrogens with zero attached hydrogens (tertiary/aromatic N) is 5. The summed E-state index contributed by atoms with van der Waals surface area (Å²) >= 11 is 0. The summed E-state index contributed by atoms with van der Waals surface area (Å²) in [6.07, 6.45) is 2.97. The highest BCUT2D eigenvalue weighted by Crippen LogP contribution is 2.24. The van der Waals surface area contributed by atoms with Crippen LogP contribution in [0.3, 0.4) is 0 Å². The van der Waals surface area contributed by atoms with Gasteiger partial charge in [0.15, 0.2) is 11.2 Å². The number of hydrogen-bond donors (Lipinski definition) is 3. The van der Waals surface area contributed by atoms with E-state index in [-0.39, 0.29) is 41.8 Å². The van der Waals surface area contributed by atoms with E-state index in [1.807, 2.05) is 34.7 Å². The molecule has 1 aliphatic rings. The molecule has 11 nitrogen and oxygen atoms in total. The van der Waals surface area contributed by atoms with E-state index < -0.39 is 23.3 Å². The molecule has 4 rings (SSSR count). The SMILES string of the molecule is Cc1nn(C)c(C)c1CNC(=O)c1cnn2c(=O)c(C(=O)NC3CC3)c(O)n(CC(C)C)c12. The average Bonchev–Trinajstić information content (AvgIpc) is 3.37. The Labute approximate surface area is 190 Å². The quantitative estimate of drug-likeness (QED) is 0.487. The number of aryl methyl sites for hydroxylation is 2. The van der Waals surface area contributed by atoms with E-state index >= 15 is 0 Å². The van der Waals surface area contributed by atoms with Crippen molar-refractivity contribution in [2.45, 2.75) is 59.7 Å². The Morgan fingerprint density at radius 3 is 2.52 bits per heavy atom. The maximum Gasteiger partial charge on any atom is 0.291 e. The molecule has 0 radical (unpaired) electrons. The Morgan fingerprint density at radius 2 is 1.94 bits per heavy atom. The zero-order chi connectivity index (χ0) is 24.0. The number of hydrogen-bond acceptors (Lipinski definition) is 6. The van der Waals surface area contributed by atoms with Crippen molar-refractivity contribution in [2.24, 2.45) is 13.0 Å². The van der Waals surface area contributed by atoms with Crippen LogP contribution in [-0.4, -0.2) is 46.9 Å². The summed E-state index contributed by atoms with van der Waals surface area (Å²) in [5.74, 6) is -1.48. The summed E-state index contributed by atoms with van der Waals surface area (Å²) in [4.78, 5) is 38.8. The third kappa shape index (κ3) is 4.10. The van der Waals surface area contributed by atoms with Crippen LogP contribution in [0.5, 0.6) is 5.88 Å². The van der Waals surface area contributed by atoms with Crippen molar-refractivity contribution < 1.29 is 14.7 Å². The maximum atomic E-state index is 13.1. The highest BCUT2D eigenvalue weighted by molar-refractivity contribution is 6.01. The second-order valence-corrected chi connectivity index (χ2v) is 9.01. The van der Waals surface area contributed by atoms with Crippen LogP contribution >= 0.6 is 0 Å². The summed E-state index contributed by atoms with van der Waals surface area (Å²) in [5.41, 5.74) is 1.81. The van der Waals surface area contributed by atoms with Gasteiger partial charge in [-0.15, -0.1) is 0 Å². The Balaban J connectivity index is 1.75. The number of aromatic hydroxyl groups is 1. The van der Waals surface area contributed by atoms with Crippen LogP contribution in [0.4, 0.5) is 0 Å². The minimum atomic E-state index is -0.765. The topological polar surface area (TPSA) is 136 Å². The fourth-order valence-corrected chi connectivity index (χ4v) is 3.91. The van der Waals surface area contributed by atoms with Crippen molar-refractivity contribution in [2.75, 3.05) is 0 Å². The van der Waals surface area contributed by atoms with Gasteiger partial charge in [-0.25, -0.2) is 0 Å². The van der Waals surface area contributed by atoms with Gasteiger partial charge in [0, 0.05) is 37.4 Å². The van der Waals surface area contributed by atoms with Crippen molar-refractivity contribution >= 4 is 17.5 Å². The Morgan fingerprint density at radius 1 is 1.24 bits per heavy atom. The molecule has 1 saturated carbocycles. The number of carbonyl (C=O) groups is 2. The highest BCUT2D eigenvalue weighted by Gasteiger charge is 2.30. The van der Waals surface area contributed by atoms with Gasteiger partial charge in [0.1, 0.15) is 5.56 Å². The molecule has 0 aromatic carbocycles. The molecule has 1 fully saturated rings. The lowest BCUT2D eigenvalue weighted by Crippen LogP contribution is -2.35. The van der Waals surface area contributed by atoms with Crippen LogP contribution in [0.2, 0.25) is 0 Å². The zero-order valence-corrected chi connectivity index (χ0v) is 19.5. The van der Waals surface area contributed by atoms with Gasteiger partial charge in [-0.05, 0) is 32.6 Å². The molecule has 2 amide bonds. The third-order valence-corrected chi connectivity index (χ3v) is 5.90. The third-order valence-electron chi connectivity index (χ3n) is 5.90. The summed E-state index contributed by atoms with van der Waals surface area (Å²) in [6, 6.07) is 0.0175. The summed E-state index contributed by atoms with van der Waals surface area (Å²) in [5, 5.41) is 25.0. The minimum Gasteiger partial charge on any atom is -0.494 e. The standard InChI is InChI=1S/C22H29N7O4/c1-11(2)10-28-20-16(18(30)23-8-15-12(3)26-27(5)13(15)4)9-24-29(20)22(33)17(21(28)32)19(31)25-14-6-7-14/h9,11,14,32H,6-8,10H2,1-5H3,(H,23,30)(H,25,31). The molecule has 33 heavy (non-hydrogen) atoms. The van der Waals surface area contributed by atoms with Crippen molar-refractivity contribution in [1.29, 1.82) is 0 Å². The van der Waals surface area contributed by atoms with Crippen molar-refractivity contribution in [3.8, 4) is 5.88 Å². The van der Waals surface area contributed by atoms with E-state index in [0.29, 0.717) is 0 Å². The Bertz CT molecular complexity index is 1310. The first-order chi connectivity index (χ1) is 15.6. The van der Waals surface area contributed by atoms with Gasteiger partial charge in [0.05, 0.1) is 11.9 Å². The first-order valence-corrected chi connectivity index (χ1v) is 11.0. The summed E-state index contributed by atoms with van der Waals surface area (Å²) in [7, 11) is 1.84. The number of nitrogens with one attached hydrogen (secondary N) is 2. The van der Waals surface area contributed by atoms with Crippen LogP contribution in [0.1, 0.15) is 64.4 Å². The lowest BCUT2D eigenvalue weighted by molar-refractivity contribution is 0.0940. The van der Waals surface area contributed by atoms with Crippen molar-refractivity contribution in [3.05, 3.63) is 44.6 Å². The summed E-state index contributed by atoms with van der Waals surface area (Å²) in [6.45, 7) is 8.19. The van der Waals surface area contributed by atoms with Gasteiger partial charge >= 0.3 is 0 Å². The number of aromatic nitrogens is 5. The number of amides is 2. The van der Waals surface area contributed by atoms with Crippen LogP contribution in [0.15, 0.2) is 11.0 Å². The lowest BCUT2D eigenvalue weighted by atomic mass is 10.2. The molecule has 0 bridgehead atoms. The van der Waals surface area contributed by atoms with Crippen LogP contribution < -0.4 is 16.2 Å². The predicted molar refractivity (Wildman–Crippen MR) is 120 cm³/mol. The smallest absolute Gasteiger partial charge is 0.291 e. The molecule has 3 heterocycles. The maximum absolute atomic E-state index is 13.1. The van der Waals surface area contributed by atoms with E-state index in [2.05, 4.69) is 20.8 Å². The van der Waals surface area contributed by atoms with Crippen LogP contribution in [0.25, 0.3) is 5.65 Å². The molecular formula is C22H29N7O4. The predicted octanol–water partition coefficient (Wildman–Crippen LogP) is 1.03. The Kier molecular flexibility index (Phi) is 5.73. The lowest BCUT2D eigenvalue weighted by Gasteiger charge is -2.17. The molecule has 0 saturated heterocycles. The minimum absolute atomic E-state index is 0.0175. The van der Waals surface area contributed by atoms with Crippen molar-refractivity contribution in [1.82, 2.24) is 34.6 Å². The fraction of sp³-hybridized carbons (Fsp3) is 0.500.